The summed E-state index contributed by atoms with van der Waals surface area (Å²) < 4.78 is 5.27. The molecule has 4 fully saturated rings. The Morgan fingerprint density at radius 1 is 0.812 bits per heavy atom. The maximum absolute atomic E-state index is 13.9. The number of nitrogens with zero attached hydrogens (tertiary/aromatic N) is 3. The number of carbonyl (C=O) groups excluding carboxylic acids is 2. The second kappa shape index (κ2) is 8.94. The summed E-state index contributed by atoms with van der Waals surface area (Å²) in [4.78, 5) is 33.8. The molecule has 2 aromatic rings. The first-order valence-corrected chi connectivity index (χ1v) is 11.7. The van der Waals surface area contributed by atoms with E-state index >= 15 is 0 Å². The van der Waals surface area contributed by atoms with Gasteiger partial charge in [-0.1, -0.05) is 42.5 Å². The van der Waals surface area contributed by atoms with Gasteiger partial charge in [0, 0.05) is 19.1 Å². The molecule has 6 heteroatoms. The van der Waals surface area contributed by atoms with Crippen LogP contribution in [0.4, 0.5) is 0 Å². The smallest absolute Gasteiger partial charge is 0.248 e. The second-order valence-corrected chi connectivity index (χ2v) is 9.11. The van der Waals surface area contributed by atoms with Gasteiger partial charge < -0.3 is 14.5 Å². The molecule has 6 nitrogen and oxygen atoms in total. The third kappa shape index (κ3) is 3.88. The monoisotopic (exact) mass is 433 g/mol. The van der Waals surface area contributed by atoms with Crippen molar-refractivity contribution in [1.29, 1.82) is 0 Å². The topological polar surface area (TPSA) is 53.1 Å². The Balaban J connectivity index is 1.47. The Kier molecular flexibility index (Phi) is 5.87. The normalized spacial score (nSPS) is 26.0. The molecule has 6 rings (SSSR count). The maximum atomic E-state index is 13.9. The molecule has 0 N–H and O–H groups in total. The van der Waals surface area contributed by atoms with Crippen molar-refractivity contribution in [2.75, 3.05) is 20.2 Å². The minimum Gasteiger partial charge on any atom is -0.497 e. The highest BCUT2D eigenvalue weighted by Gasteiger charge is 2.53. The van der Waals surface area contributed by atoms with Gasteiger partial charge in [-0.15, -0.1) is 0 Å². The minimum atomic E-state index is -0.426. The van der Waals surface area contributed by atoms with Crippen molar-refractivity contribution in [2.24, 2.45) is 0 Å². The second-order valence-electron chi connectivity index (χ2n) is 9.11. The van der Waals surface area contributed by atoms with Gasteiger partial charge in [-0.05, 0) is 62.0 Å². The molecule has 0 spiro atoms. The summed E-state index contributed by atoms with van der Waals surface area (Å²) in [6, 6.07) is 17.1. The number of benzene rings is 2. The Hall–Kier alpha value is -2.86. The van der Waals surface area contributed by atoms with Gasteiger partial charge >= 0.3 is 0 Å². The number of hydrogen-bond acceptors (Lipinski definition) is 4. The van der Waals surface area contributed by atoms with E-state index in [9.17, 15) is 9.59 Å². The van der Waals surface area contributed by atoms with Crippen LogP contribution in [0.2, 0.25) is 0 Å². The lowest BCUT2D eigenvalue weighted by atomic mass is 10.00. The van der Waals surface area contributed by atoms with Crippen LogP contribution >= 0.6 is 0 Å². The molecule has 2 amide bonds. The van der Waals surface area contributed by atoms with E-state index in [-0.39, 0.29) is 23.9 Å². The van der Waals surface area contributed by atoms with E-state index in [1.807, 2.05) is 64.4 Å². The number of ether oxygens (including phenoxy) is 1. The fraction of sp³-hybridized carbons (Fsp3) is 0.462. The maximum Gasteiger partial charge on any atom is 0.248 e. The van der Waals surface area contributed by atoms with E-state index in [4.69, 9.17) is 4.74 Å². The molecule has 4 heterocycles. The number of amides is 2. The Morgan fingerprint density at radius 3 is 2.16 bits per heavy atom. The summed E-state index contributed by atoms with van der Waals surface area (Å²) in [7, 11) is 1.65. The number of rotatable bonds is 6. The van der Waals surface area contributed by atoms with Crippen molar-refractivity contribution >= 4 is 11.8 Å². The highest BCUT2D eigenvalue weighted by atomic mass is 16.5. The predicted octanol–water partition coefficient (Wildman–Crippen LogP) is 3.06. The van der Waals surface area contributed by atoms with Crippen LogP contribution in [0, 0.1) is 0 Å². The van der Waals surface area contributed by atoms with E-state index in [1.165, 1.54) is 12.8 Å². The standard InChI is InChI=1S/C26H31N3O3/c1-32-21-11-9-20(10-12-21)18-29-24-22(27-15-5-6-16-27)13-14-23(25(29)30)28(26(24)31)17-19-7-3-2-4-8-19/h2-4,7-12,22-24H,5-6,13-18H2,1H3/t22-,23-,24-/m1/s1. The molecule has 2 aromatic carbocycles. The molecule has 4 aliphatic rings. The molecule has 3 atom stereocenters. The minimum absolute atomic E-state index is 0.0862. The van der Waals surface area contributed by atoms with Crippen molar-refractivity contribution < 1.29 is 14.3 Å². The van der Waals surface area contributed by atoms with Gasteiger partial charge in [-0.25, -0.2) is 0 Å². The van der Waals surface area contributed by atoms with E-state index in [2.05, 4.69) is 4.90 Å². The predicted molar refractivity (Wildman–Crippen MR) is 122 cm³/mol. The van der Waals surface area contributed by atoms with Gasteiger partial charge in [0.25, 0.3) is 0 Å². The molecule has 4 aliphatic heterocycles. The van der Waals surface area contributed by atoms with Crippen LogP contribution in [0.3, 0.4) is 0 Å². The van der Waals surface area contributed by atoms with E-state index < -0.39 is 6.04 Å². The quantitative estimate of drug-likeness (QED) is 0.703. The van der Waals surface area contributed by atoms with E-state index in [1.54, 1.807) is 7.11 Å². The zero-order valence-electron chi connectivity index (χ0n) is 18.7. The van der Waals surface area contributed by atoms with Crippen LogP contribution in [0.1, 0.15) is 36.8 Å². The Morgan fingerprint density at radius 2 is 1.47 bits per heavy atom. The van der Waals surface area contributed by atoms with Crippen molar-refractivity contribution in [3.8, 4) is 5.75 Å². The van der Waals surface area contributed by atoms with E-state index in [0.29, 0.717) is 13.1 Å². The van der Waals surface area contributed by atoms with Gasteiger partial charge in [0.1, 0.15) is 17.8 Å². The molecule has 4 saturated heterocycles. The summed E-state index contributed by atoms with van der Waals surface area (Å²) >= 11 is 0. The fourth-order valence-corrected chi connectivity index (χ4v) is 5.58. The number of carbonyl (C=O) groups is 2. The van der Waals surface area contributed by atoms with Gasteiger partial charge in [-0.2, -0.15) is 0 Å². The van der Waals surface area contributed by atoms with Crippen LogP contribution in [-0.2, 0) is 22.7 Å². The first kappa shape index (κ1) is 21.0. The van der Waals surface area contributed by atoms with Crippen molar-refractivity contribution in [1.82, 2.24) is 14.7 Å². The summed E-state index contributed by atoms with van der Waals surface area (Å²) in [5.74, 6) is 0.974. The number of hydrogen-bond donors (Lipinski definition) is 0. The third-order valence-corrected chi connectivity index (χ3v) is 7.23. The van der Waals surface area contributed by atoms with Crippen molar-refractivity contribution in [3.05, 3.63) is 65.7 Å². The zero-order chi connectivity index (χ0) is 22.1. The van der Waals surface area contributed by atoms with Crippen LogP contribution in [0.5, 0.6) is 5.75 Å². The average molecular weight is 434 g/mol. The summed E-state index contributed by atoms with van der Waals surface area (Å²) in [6.45, 7) is 2.99. The van der Waals surface area contributed by atoms with Crippen LogP contribution < -0.4 is 4.74 Å². The van der Waals surface area contributed by atoms with Crippen LogP contribution in [0.25, 0.3) is 0 Å². The molecule has 168 valence electrons. The van der Waals surface area contributed by atoms with E-state index in [0.717, 1.165) is 42.8 Å². The summed E-state index contributed by atoms with van der Waals surface area (Å²) in [6.07, 6.45) is 3.95. The Bertz CT molecular complexity index is 956. The number of fused-ring (bicyclic) bond motifs is 4. The first-order chi connectivity index (χ1) is 15.7. The molecule has 32 heavy (non-hydrogen) atoms. The van der Waals surface area contributed by atoms with Crippen molar-refractivity contribution in [2.45, 2.75) is 56.9 Å². The molecule has 0 aromatic heterocycles. The van der Waals surface area contributed by atoms with Gasteiger partial charge in [-0.3, -0.25) is 14.5 Å². The molecule has 0 radical (unpaired) electrons. The zero-order valence-corrected chi connectivity index (χ0v) is 18.7. The molecular formula is C26H31N3O3. The average Bonchev–Trinajstić information content (AvgIpc) is 3.27. The molecule has 0 aliphatic carbocycles. The van der Waals surface area contributed by atoms with Gasteiger partial charge in [0.2, 0.25) is 11.8 Å². The molecule has 0 saturated carbocycles. The highest BCUT2D eigenvalue weighted by molar-refractivity contribution is 5.98. The molecular weight excluding hydrogens is 402 g/mol. The number of methoxy groups -OCH3 is 1. The third-order valence-electron chi connectivity index (χ3n) is 7.23. The van der Waals surface area contributed by atoms with Gasteiger partial charge in [0.05, 0.1) is 7.11 Å². The largest absolute Gasteiger partial charge is 0.497 e. The lowest BCUT2D eigenvalue weighted by molar-refractivity contribution is -0.163. The van der Waals surface area contributed by atoms with Crippen molar-refractivity contribution in [3.63, 3.8) is 0 Å². The highest BCUT2D eigenvalue weighted by Crippen LogP contribution is 2.35. The van der Waals surface area contributed by atoms with Gasteiger partial charge in [0.15, 0.2) is 0 Å². The summed E-state index contributed by atoms with van der Waals surface area (Å²) in [5.41, 5.74) is 2.09. The lowest BCUT2D eigenvalue weighted by Gasteiger charge is -2.45. The lowest BCUT2D eigenvalue weighted by Crippen LogP contribution is -2.66. The Labute approximate surface area is 189 Å². The molecule has 2 bridgehead atoms. The number of likely N-dealkylation sites (tertiary alicyclic amines) is 1. The first-order valence-electron chi connectivity index (χ1n) is 11.7. The number of piperazine rings is 1. The summed E-state index contributed by atoms with van der Waals surface area (Å²) in [5, 5.41) is 0. The SMILES string of the molecule is COc1ccc(CN2C(=O)[C@H]3CC[C@@H](N4CCCC4)[C@@H]2C(=O)N3Cc2ccccc2)cc1. The van der Waals surface area contributed by atoms with Crippen LogP contribution in [0.15, 0.2) is 54.6 Å². The van der Waals surface area contributed by atoms with Crippen LogP contribution in [-0.4, -0.2) is 64.8 Å². The molecule has 0 unspecified atom stereocenters. The fourth-order valence-electron chi connectivity index (χ4n) is 5.58.